The zero-order chi connectivity index (χ0) is 13.8. The van der Waals surface area contributed by atoms with Gasteiger partial charge in [-0.15, -0.1) is 0 Å². The molecule has 2 rings (SSSR count). The summed E-state index contributed by atoms with van der Waals surface area (Å²) in [5.74, 6) is 0. The van der Waals surface area contributed by atoms with Crippen LogP contribution in [0.3, 0.4) is 0 Å². The van der Waals surface area contributed by atoms with Crippen molar-refractivity contribution in [3.8, 4) is 0 Å². The largest absolute Gasteiger partial charge is 0.396 e. The molecule has 0 amide bonds. The molecule has 1 heterocycles. The summed E-state index contributed by atoms with van der Waals surface area (Å²) in [5, 5.41) is 4.55. The van der Waals surface area contributed by atoms with Gasteiger partial charge < -0.3 is 11.1 Å². The van der Waals surface area contributed by atoms with E-state index in [-0.39, 0.29) is 5.25 Å². The van der Waals surface area contributed by atoms with Crippen LogP contribution in [0.2, 0.25) is 0 Å². The molecule has 19 heavy (non-hydrogen) atoms. The molecule has 2 unspecified atom stereocenters. The van der Waals surface area contributed by atoms with Crippen LogP contribution in [0.5, 0.6) is 0 Å². The van der Waals surface area contributed by atoms with Crippen LogP contribution in [0.4, 0.5) is 11.4 Å². The first kappa shape index (κ1) is 13.8. The molecule has 0 radical (unpaired) electrons. The number of nitrogens with one attached hydrogen (secondary N) is 1. The Hall–Kier alpha value is -1.62. The van der Waals surface area contributed by atoms with Crippen molar-refractivity contribution in [2.45, 2.75) is 18.6 Å². The Balaban J connectivity index is 2.16. The van der Waals surface area contributed by atoms with Crippen LogP contribution < -0.4 is 11.1 Å². The van der Waals surface area contributed by atoms with Gasteiger partial charge in [-0.3, -0.25) is 9.19 Å². The van der Waals surface area contributed by atoms with Gasteiger partial charge in [0.2, 0.25) is 0 Å². The molecule has 2 aromatic rings. The molecular weight excluding hydrogens is 258 g/mol. The zero-order valence-electron chi connectivity index (χ0n) is 11.2. The second-order valence-electron chi connectivity index (χ2n) is 4.63. The van der Waals surface area contributed by atoms with E-state index in [0.29, 0.717) is 5.69 Å². The number of benzene rings is 1. The molecule has 0 aliphatic carbocycles. The van der Waals surface area contributed by atoms with E-state index in [1.807, 2.05) is 31.2 Å². The lowest BCUT2D eigenvalue weighted by Crippen LogP contribution is -2.15. The molecule has 0 saturated carbocycles. The number of nitrogens with two attached hydrogens (primary N) is 1. The normalized spacial score (nSPS) is 14.2. The van der Waals surface area contributed by atoms with Crippen LogP contribution in [-0.2, 0) is 10.8 Å². The van der Waals surface area contributed by atoms with E-state index in [1.54, 1.807) is 12.5 Å². The van der Waals surface area contributed by atoms with E-state index in [0.717, 1.165) is 29.6 Å². The molecule has 1 aromatic heterocycles. The van der Waals surface area contributed by atoms with Crippen LogP contribution >= 0.6 is 0 Å². The number of nitrogens with zero attached hydrogens (tertiary/aromatic N) is 1. The molecule has 0 spiro atoms. The van der Waals surface area contributed by atoms with Crippen molar-refractivity contribution in [1.82, 2.24) is 4.98 Å². The molecule has 0 bridgehead atoms. The molecule has 0 aliphatic rings. The Labute approximate surface area is 115 Å². The third-order valence-electron chi connectivity index (χ3n) is 3.22. The van der Waals surface area contributed by atoms with E-state index in [2.05, 4.69) is 10.3 Å². The summed E-state index contributed by atoms with van der Waals surface area (Å²) >= 11 is 0. The maximum Gasteiger partial charge on any atom is 0.0743 e. The van der Waals surface area contributed by atoms with Crippen molar-refractivity contribution in [2.24, 2.45) is 0 Å². The highest BCUT2D eigenvalue weighted by Crippen LogP contribution is 2.27. The minimum absolute atomic E-state index is 0.182. The van der Waals surface area contributed by atoms with Gasteiger partial charge in [0.25, 0.3) is 0 Å². The van der Waals surface area contributed by atoms with Crippen molar-refractivity contribution in [3.63, 3.8) is 0 Å². The van der Waals surface area contributed by atoms with Crippen molar-refractivity contribution in [3.05, 3.63) is 30.5 Å². The minimum Gasteiger partial charge on any atom is -0.396 e. The Morgan fingerprint density at radius 3 is 2.89 bits per heavy atom. The highest BCUT2D eigenvalue weighted by Gasteiger charge is 2.08. The first-order valence-corrected chi connectivity index (χ1v) is 7.91. The van der Waals surface area contributed by atoms with Gasteiger partial charge in [0.1, 0.15) is 0 Å². The monoisotopic (exact) mass is 277 g/mol. The molecule has 0 saturated heterocycles. The number of hydrogen-bond donors (Lipinski definition) is 2. The standard InChI is InChI=1S/C14H19N3OS/c1-10(19(2)18)7-8-16-14-11-5-3-4-6-13(11)17-9-12(14)15/h3-6,9-10H,7-8,15H2,1-2H3,(H,16,17). The van der Waals surface area contributed by atoms with E-state index in [4.69, 9.17) is 5.73 Å². The van der Waals surface area contributed by atoms with Gasteiger partial charge >= 0.3 is 0 Å². The fourth-order valence-electron chi connectivity index (χ4n) is 1.92. The summed E-state index contributed by atoms with van der Waals surface area (Å²) in [6, 6.07) is 7.89. The number of anilines is 2. The minimum atomic E-state index is -0.784. The summed E-state index contributed by atoms with van der Waals surface area (Å²) < 4.78 is 11.3. The predicted octanol–water partition coefficient (Wildman–Crippen LogP) is 2.39. The van der Waals surface area contributed by atoms with Crippen LogP contribution in [0.25, 0.3) is 10.9 Å². The molecule has 5 heteroatoms. The first-order chi connectivity index (χ1) is 9.09. The molecule has 0 fully saturated rings. The maximum absolute atomic E-state index is 11.3. The Bertz CT molecular complexity index is 600. The number of pyridine rings is 1. The van der Waals surface area contributed by atoms with Gasteiger partial charge in [-0.1, -0.05) is 25.1 Å². The SMILES string of the molecule is CC(CCNc1c(N)cnc2ccccc12)S(C)=O. The van der Waals surface area contributed by atoms with E-state index in [1.165, 1.54) is 0 Å². The van der Waals surface area contributed by atoms with Crippen molar-refractivity contribution < 1.29 is 4.21 Å². The number of rotatable bonds is 5. The third kappa shape index (κ3) is 3.23. The molecule has 4 nitrogen and oxygen atoms in total. The van der Waals surface area contributed by atoms with E-state index >= 15 is 0 Å². The van der Waals surface area contributed by atoms with Crippen molar-refractivity contribution >= 4 is 33.1 Å². The third-order valence-corrected chi connectivity index (χ3v) is 4.59. The lowest BCUT2D eigenvalue weighted by molar-refractivity contribution is 0.672. The Kier molecular flexibility index (Phi) is 4.37. The van der Waals surface area contributed by atoms with Crippen LogP contribution in [-0.4, -0.2) is 27.2 Å². The number of fused-ring (bicyclic) bond motifs is 1. The number of hydrogen-bond acceptors (Lipinski definition) is 4. The van der Waals surface area contributed by atoms with E-state index < -0.39 is 10.8 Å². The molecule has 2 atom stereocenters. The van der Waals surface area contributed by atoms with Gasteiger partial charge in [0.05, 0.1) is 23.1 Å². The summed E-state index contributed by atoms with van der Waals surface area (Å²) in [6.07, 6.45) is 4.26. The predicted molar refractivity (Wildman–Crippen MR) is 82.8 cm³/mol. The van der Waals surface area contributed by atoms with Gasteiger partial charge in [-0.25, -0.2) is 0 Å². The van der Waals surface area contributed by atoms with E-state index in [9.17, 15) is 4.21 Å². The average molecular weight is 277 g/mol. The van der Waals surface area contributed by atoms with Gasteiger partial charge in [0, 0.05) is 34.2 Å². The lowest BCUT2D eigenvalue weighted by Gasteiger charge is -2.14. The highest BCUT2D eigenvalue weighted by molar-refractivity contribution is 7.84. The smallest absolute Gasteiger partial charge is 0.0743 e. The second kappa shape index (κ2) is 6.02. The topological polar surface area (TPSA) is 68.0 Å². The molecule has 0 aliphatic heterocycles. The highest BCUT2D eigenvalue weighted by atomic mass is 32.2. The molecule has 3 N–H and O–H groups in total. The summed E-state index contributed by atoms with van der Waals surface area (Å²) in [4.78, 5) is 4.30. The second-order valence-corrected chi connectivity index (χ2v) is 6.43. The van der Waals surface area contributed by atoms with Crippen LogP contribution in [0.1, 0.15) is 13.3 Å². The Morgan fingerprint density at radius 2 is 2.16 bits per heavy atom. The van der Waals surface area contributed by atoms with Gasteiger partial charge in [-0.2, -0.15) is 0 Å². The molecular formula is C14H19N3OS. The summed E-state index contributed by atoms with van der Waals surface area (Å²) in [7, 11) is -0.784. The van der Waals surface area contributed by atoms with Crippen molar-refractivity contribution in [2.75, 3.05) is 23.9 Å². The molecule has 102 valence electrons. The average Bonchev–Trinajstić information content (AvgIpc) is 2.41. The maximum atomic E-state index is 11.3. The summed E-state index contributed by atoms with van der Waals surface area (Å²) in [6.45, 7) is 2.74. The number of nitrogen functional groups attached to an aromatic ring is 1. The number of aromatic nitrogens is 1. The Morgan fingerprint density at radius 1 is 1.42 bits per heavy atom. The fourth-order valence-corrected chi connectivity index (χ4v) is 2.37. The van der Waals surface area contributed by atoms with Crippen LogP contribution in [0.15, 0.2) is 30.5 Å². The van der Waals surface area contributed by atoms with Crippen LogP contribution in [0, 0.1) is 0 Å². The number of para-hydroxylation sites is 1. The van der Waals surface area contributed by atoms with Gasteiger partial charge in [-0.05, 0) is 12.5 Å². The summed E-state index contributed by atoms with van der Waals surface area (Å²) in [5.41, 5.74) is 8.46. The first-order valence-electron chi connectivity index (χ1n) is 6.29. The quantitative estimate of drug-likeness (QED) is 0.880. The zero-order valence-corrected chi connectivity index (χ0v) is 12.0. The van der Waals surface area contributed by atoms with Gasteiger partial charge in [0.15, 0.2) is 0 Å². The van der Waals surface area contributed by atoms with Crippen molar-refractivity contribution in [1.29, 1.82) is 0 Å². The lowest BCUT2D eigenvalue weighted by atomic mass is 10.1. The molecule has 1 aromatic carbocycles. The fraction of sp³-hybridized carbons (Fsp3) is 0.357.